The maximum atomic E-state index is 10.2. The molecule has 0 unspecified atom stereocenters. The van der Waals surface area contributed by atoms with Crippen LogP contribution in [0.1, 0.15) is 66.5 Å². The molecule has 0 fully saturated rings. The van der Waals surface area contributed by atoms with Crippen LogP contribution in [0.3, 0.4) is 0 Å². The molecule has 0 spiro atoms. The third-order valence-electron chi connectivity index (χ3n) is 5.81. The number of aryl methyl sites for hydroxylation is 2. The largest absolute Gasteiger partial charge is 0.506 e. The molecule has 0 bridgehead atoms. The van der Waals surface area contributed by atoms with Crippen LogP contribution in [-0.2, 0) is 5.41 Å². The predicted molar refractivity (Wildman–Crippen MR) is 110 cm³/mol. The van der Waals surface area contributed by atoms with Crippen LogP contribution in [-0.4, -0.2) is 10.2 Å². The van der Waals surface area contributed by atoms with E-state index in [0.717, 1.165) is 52.6 Å². The topological polar surface area (TPSA) is 92.5 Å². The average Bonchev–Trinajstić information content (AvgIpc) is 2.62. The third-order valence-corrected chi connectivity index (χ3v) is 5.81. The van der Waals surface area contributed by atoms with Crippen molar-refractivity contribution in [2.45, 2.75) is 66.2 Å². The Hall–Kier alpha value is -2.36. The zero-order chi connectivity index (χ0) is 19.8. The highest BCUT2D eigenvalue weighted by Crippen LogP contribution is 2.46. The van der Waals surface area contributed by atoms with E-state index in [-0.39, 0.29) is 16.9 Å². The molecular formula is C22H32N2O2. The first-order valence-electron chi connectivity index (χ1n) is 9.24. The van der Waals surface area contributed by atoms with Gasteiger partial charge in [-0.15, -0.1) is 0 Å². The second-order valence-corrected chi connectivity index (χ2v) is 7.69. The summed E-state index contributed by atoms with van der Waals surface area (Å²) >= 11 is 0. The summed E-state index contributed by atoms with van der Waals surface area (Å²) in [6.07, 6.45) is 3.06. The van der Waals surface area contributed by atoms with E-state index in [0.29, 0.717) is 11.4 Å². The Morgan fingerprint density at radius 2 is 1.23 bits per heavy atom. The van der Waals surface area contributed by atoms with Crippen molar-refractivity contribution in [1.82, 2.24) is 0 Å². The number of phenols is 2. The zero-order valence-electron chi connectivity index (χ0n) is 16.8. The van der Waals surface area contributed by atoms with Crippen molar-refractivity contribution in [3.05, 3.63) is 45.5 Å². The van der Waals surface area contributed by atoms with Gasteiger partial charge in [0.1, 0.15) is 11.5 Å². The van der Waals surface area contributed by atoms with Gasteiger partial charge in [0.25, 0.3) is 0 Å². The molecule has 0 amide bonds. The first-order valence-corrected chi connectivity index (χ1v) is 9.24. The van der Waals surface area contributed by atoms with Crippen molar-refractivity contribution < 1.29 is 10.2 Å². The van der Waals surface area contributed by atoms with Gasteiger partial charge in [-0.3, -0.25) is 0 Å². The van der Waals surface area contributed by atoms with E-state index in [1.807, 2.05) is 39.8 Å². The van der Waals surface area contributed by atoms with E-state index in [9.17, 15) is 10.2 Å². The molecule has 2 aromatic rings. The van der Waals surface area contributed by atoms with Gasteiger partial charge in [0.05, 0.1) is 11.4 Å². The lowest BCUT2D eigenvalue weighted by atomic mass is 9.68. The maximum absolute atomic E-state index is 10.2. The number of hydrogen-bond acceptors (Lipinski definition) is 4. The molecule has 0 aliphatic heterocycles. The summed E-state index contributed by atoms with van der Waals surface area (Å²) in [4.78, 5) is 0. The predicted octanol–water partition coefficient (Wildman–Crippen LogP) is 4.99. The molecule has 142 valence electrons. The number of benzene rings is 2. The first-order chi connectivity index (χ1) is 12.1. The molecule has 4 heteroatoms. The number of aromatic hydroxyl groups is 2. The van der Waals surface area contributed by atoms with E-state index >= 15 is 0 Å². The monoisotopic (exact) mass is 356 g/mol. The van der Waals surface area contributed by atoms with Crippen LogP contribution in [0.5, 0.6) is 11.5 Å². The Morgan fingerprint density at radius 3 is 1.58 bits per heavy atom. The highest BCUT2D eigenvalue weighted by molar-refractivity contribution is 5.69. The number of anilines is 2. The Balaban J connectivity index is 2.84. The molecule has 4 nitrogen and oxygen atoms in total. The summed E-state index contributed by atoms with van der Waals surface area (Å²) in [7, 11) is 0. The van der Waals surface area contributed by atoms with Crippen molar-refractivity contribution in [2.75, 3.05) is 11.5 Å². The van der Waals surface area contributed by atoms with Crippen LogP contribution in [0.4, 0.5) is 11.4 Å². The quantitative estimate of drug-likeness (QED) is 0.448. The Labute approximate surface area is 156 Å². The van der Waals surface area contributed by atoms with Crippen LogP contribution in [0, 0.1) is 27.7 Å². The van der Waals surface area contributed by atoms with Crippen molar-refractivity contribution in [2.24, 2.45) is 0 Å². The van der Waals surface area contributed by atoms with E-state index in [2.05, 4.69) is 13.8 Å². The minimum Gasteiger partial charge on any atom is -0.506 e. The molecule has 0 aliphatic carbocycles. The van der Waals surface area contributed by atoms with Gasteiger partial charge in [0.15, 0.2) is 0 Å². The van der Waals surface area contributed by atoms with Gasteiger partial charge in [0.2, 0.25) is 0 Å². The zero-order valence-corrected chi connectivity index (χ0v) is 16.8. The second kappa shape index (κ2) is 7.10. The fourth-order valence-corrected chi connectivity index (χ4v) is 3.95. The lowest BCUT2D eigenvalue weighted by Crippen LogP contribution is -2.27. The Kier molecular flexibility index (Phi) is 5.45. The van der Waals surface area contributed by atoms with Crippen molar-refractivity contribution >= 4 is 11.4 Å². The van der Waals surface area contributed by atoms with Gasteiger partial charge < -0.3 is 21.7 Å². The molecule has 0 saturated heterocycles. The molecule has 2 rings (SSSR count). The van der Waals surface area contributed by atoms with E-state index in [1.165, 1.54) is 0 Å². The number of nitrogen functional groups attached to an aromatic ring is 2. The van der Waals surface area contributed by atoms with Crippen LogP contribution >= 0.6 is 0 Å². The number of nitrogens with two attached hydrogens (primary N) is 2. The van der Waals surface area contributed by atoms with Gasteiger partial charge in [-0.25, -0.2) is 0 Å². The number of phenolic OH excluding ortho intramolecular Hbond substituents is 2. The number of rotatable bonds is 5. The lowest BCUT2D eigenvalue weighted by molar-refractivity contribution is 0.463. The van der Waals surface area contributed by atoms with Crippen LogP contribution in [0.2, 0.25) is 0 Å². The summed E-state index contributed by atoms with van der Waals surface area (Å²) in [5.74, 6) is 0.310. The second-order valence-electron chi connectivity index (χ2n) is 7.69. The fraction of sp³-hybridized carbons (Fsp3) is 0.455. The molecular weight excluding hydrogens is 324 g/mol. The highest BCUT2D eigenvalue weighted by Gasteiger charge is 2.34. The summed E-state index contributed by atoms with van der Waals surface area (Å²) in [5, 5.41) is 20.5. The minimum atomic E-state index is -0.316. The van der Waals surface area contributed by atoms with Crippen molar-refractivity contribution in [3.63, 3.8) is 0 Å². The van der Waals surface area contributed by atoms with Crippen LogP contribution in [0.25, 0.3) is 0 Å². The molecule has 0 aromatic heterocycles. The van der Waals surface area contributed by atoms with Gasteiger partial charge in [-0.1, -0.05) is 38.8 Å². The fourth-order valence-electron chi connectivity index (χ4n) is 3.95. The standard InChI is InChI=1S/C22H32N2O2/c1-7-8-9-22(6,16-10-12(2)20(25)18(23)14(16)4)17-11-13(3)21(26)19(24)15(17)5/h10-11,25-26H,7-9,23-24H2,1-6H3. The smallest absolute Gasteiger partial charge is 0.141 e. The SMILES string of the molecule is CCCCC(C)(c1cc(C)c(O)c(N)c1C)c1cc(C)c(O)c(N)c1C. The van der Waals surface area contributed by atoms with Gasteiger partial charge in [-0.2, -0.15) is 0 Å². The van der Waals surface area contributed by atoms with E-state index in [4.69, 9.17) is 11.5 Å². The molecule has 0 aliphatic rings. The van der Waals surface area contributed by atoms with Gasteiger partial charge in [-0.05, 0) is 67.5 Å². The molecule has 26 heavy (non-hydrogen) atoms. The van der Waals surface area contributed by atoms with Crippen LogP contribution < -0.4 is 11.5 Å². The molecule has 0 heterocycles. The lowest BCUT2D eigenvalue weighted by Gasteiger charge is -2.35. The summed E-state index contributed by atoms with van der Waals surface area (Å²) in [5.41, 5.74) is 18.5. The van der Waals surface area contributed by atoms with Crippen molar-refractivity contribution in [3.8, 4) is 11.5 Å². The Bertz CT molecular complexity index is 778. The summed E-state index contributed by atoms with van der Waals surface area (Å²) in [6.45, 7) is 12.0. The molecule has 0 saturated carbocycles. The Morgan fingerprint density at radius 1 is 0.846 bits per heavy atom. The summed E-state index contributed by atoms with van der Waals surface area (Å²) < 4.78 is 0. The minimum absolute atomic E-state index is 0.155. The number of unbranched alkanes of at least 4 members (excludes halogenated alkanes) is 1. The van der Waals surface area contributed by atoms with Crippen LogP contribution in [0.15, 0.2) is 12.1 Å². The molecule has 0 radical (unpaired) electrons. The molecule has 2 aromatic carbocycles. The molecule has 0 atom stereocenters. The normalized spacial score (nSPS) is 11.8. The van der Waals surface area contributed by atoms with E-state index < -0.39 is 0 Å². The number of hydrogen-bond donors (Lipinski definition) is 4. The average molecular weight is 357 g/mol. The van der Waals surface area contributed by atoms with Crippen molar-refractivity contribution in [1.29, 1.82) is 0 Å². The summed E-state index contributed by atoms with van der Waals surface area (Å²) in [6, 6.07) is 4.07. The molecule has 6 N–H and O–H groups in total. The maximum Gasteiger partial charge on any atom is 0.141 e. The van der Waals surface area contributed by atoms with Gasteiger partial charge in [0, 0.05) is 5.41 Å². The van der Waals surface area contributed by atoms with Gasteiger partial charge >= 0.3 is 0 Å². The first kappa shape index (κ1) is 20.0. The third kappa shape index (κ3) is 3.09. The highest BCUT2D eigenvalue weighted by atomic mass is 16.3. The van der Waals surface area contributed by atoms with E-state index in [1.54, 1.807) is 0 Å².